The van der Waals surface area contributed by atoms with Gasteiger partial charge in [0.25, 0.3) is 5.91 Å². The number of carbonyl (C=O) groups is 1. The van der Waals surface area contributed by atoms with Crippen molar-refractivity contribution in [3.63, 3.8) is 0 Å². The first kappa shape index (κ1) is 12.7. The number of benzene rings is 1. The lowest BCUT2D eigenvalue weighted by atomic mass is 10.2. The van der Waals surface area contributed by atoms with Crippen molar-refractivity contribution < 1.29 is 4.79 Å². The monoisotopic (exact) mass is 325 g/mol. The van der Waals surface area contributed by atoms with Crippen LogP contribution >= 0.6 is 28.1 Å². The van der Waals surface area contributed by atoms with E-state index in [1.807, 2.05) is 0 Å². The van der Waals surface area contributed by atoms with E-state index >= 15 is 0 Å². The van der Waals surface area contributed by atoms with Crippen LogP contribution in [0, 0.1) is 0 Å². The minimum Gasteiger partial charge on any atom is -0.389 e. The van der Waals surface area contributed by atoms with Crippen LogP contribution in [-0.2, 0) is 0 Å². The highest BCUT2D eigenvalue weighted by atomic mass is 79.9. The van der Waals surface area contributed by atoms with Gasteiger partial charge in [0.2, 0.25) is 0 Å². The van der Waals surface area contributed by atoms with Crippen molar-refractivity contribution in [1.29, 1.82) is 0 Å². The summed E-state index contributed by atoms with van der Waals surface area (Å²) in [6.45, 7) is 0. The van der Waals surface area contributed by atoms with Crippen LogP contribution in [0.3, 0.4) is 0 Å². The maximum Gasteiger partial charge on any atom is 0.277 e. The summed E-state index contributed by atoms with van der Waals surface area (Å²) in [4.78, 5) is 12.0. The van der Waals surface area contributed by atoms with E-state index in [4.69, 9.17) is 18.0 Å². The second-order valence-corrected chi connectivity index (χ2v) is 4.66. The van der Waals surface area contributed by atoms with Crippen molar-refractivity contribution in [1.82, 2.24) is 15.4 Å². The Bertz CT molecular complexity index is 598. The SMILES string of the molecule is NC(=S)c1ccc(NC(=O)c2cn[nH]n2)c(Br)c1. The summed E-state index contributed by atoms with van der Waals surface area (Å²) in [6, 6.07) is 5.17. The topological polar surface area (TPSA) is 96.7 Å². The molecule has 0 aliphatic heterocycles. The van der Waals surface area contributed by atoms with Crippen molar-refractivity contribution in [3.8, 4) is 0 Å². The summed E-state index contributed by atoms with van der Waals surface area (Å²) in [6.07, 6.45) is 1.34. The molecule has 1 heterocycles. The molecule has 2 aromatic rings. The number of aromatic amines is 1. The molecule has 0 saturated heterocycles. The Morgan fingerprint density at radius 1 is 1.50 bits per heavy atom. The van der Waals surface area contributed by atoms with Gasteiger partial charge in [-0.2, -0.15) is 15.4 Å². The number of nitrogens with one attached hydrogen (secondary N) is 2. The number of hydrogen-bond donors (Lipinski definition) is 3. The molecular weight excluding hydrogens is 318 g/mol. The van der Waals surface area contributed by atoms with Crippen LogP contribution in [0.15, 0.2) is 28.9 Å². The highest BCUT2D eigenvalue weighted by Crippen LogP contribution is 2.24. The van der Waals surface area contributed by atoms with Gasteiger partial charge in [-0.05, 0) is 34.1 Å². The summed E-state index contributed by atoms with van der Waals surface area (Å²) in [5.74, 6) is -0.354. The van der Waals surface area contributed by atoms with Crippen LogP contribution in [0.4, 0.5) is 5.69 Å². The normalized spacial score (nSPS) is 10.1. The smallest absolute Gasteiger partial charge is 0.277 e. The predicted octanol–water partition coefficient (Wildman–Crippen LogP) is 1.45. The van der Waals surface area contributed by atoms with Gasteiger partial charge >= 0.3 is 0 Å². The van der Waals surface area contributed by atoms with Gasteiger partial charge in [-0.25, -0.2) is 0 Å². The lowest BCUT2D eigenvalue weighted by molar-refractivity contribution is 0.102. The number of amides is 1. The predicted molar refractivity (Wildman–Crippen MR) is 74.4 cm³/mol. The molecule has 4 N–H and O–H groups in total. The first-order valence-electron chi connectivity index (χ1n) is 4.84. The molecule has 0 aliphatic carbocycles. The zero-order valence-corrected chi connectivity index (χ0v) is 11.4. The fourth-order valence-electron chi connectivity index (χ4n) is 1.27. The van der Waals surface area contributed by atoms with E-state index in [1.165, 1.54) is 6.20 Å². The number of H-pyrrole nitrogens is 1. The van der Waals surface area contributed by atoms with Gasteiger partial charge in [0.05, 0.1) is 11.9 Å². The molecule has 0 spiro atoms. The van der Waals surface area contributed by atoms with Gasteiger partial charge in [-0.3, -0.25) is 4.79 Å². The lowest BCUT2D eigenvalue weighted by Crippen LogP contribution is -2.14. The number of rotatable bonds is 3. The molecule has 2 rings (SSSR count). The Balaban J connectivity index is 2.20. The largest absolute Gasteiger partial charge is 0.389 e. The van der Waals surface area contributed by atoms with Crippen molar-refractivity contribution >= 4 is 44.7 Å². The molecule has 0 atom stereocenters. The molecule has 8 heteroatoms. The van der Waals surface area contributed by atoms with E-state index in [0.717, 1.165) is 5.56 Å². The van der Waals surface area contributed by atoms with Crippen molar-refractivity contribution in [3.05, 3.63) is 40.1 Å². The maximum absolute atomic E-state index is 11.7. The van der Waals surface area contributed by atoms with Gasteiger partial charge in [-0.1, -0.05) is 12.2 Å². The van der Waals surface area contributed by atoms with Gasteiger partial charge in [-0.15, -0.1) is 0 Å². The molecule has 92 valence electrons. The van der Waals surface area contributed by atoms with Crippen LogP contribution in [0.25, 0.3) is 0 Å². The van der Waals surface area contributed by atoms with Gasteiger partial charge < -0.3 is 11.1 Å². The third-order valence-electron chi connectivity index (χ3n) is 2.15. The van der Waals surface area contributed by atoms with E-state index in [-0.39, 0.29) is 11.6 Å². The summed E-state index contributed by atoms with van der Waals surface area (Å²) in [5.41, 5.74) is 7.04. The second-order valence-electron chi connectivity index (χ2n) is 3.37. The lowest BCUT2D eigenvalue weighted by Gasteiger charge is -2.07. The molecule has 0 aliphatic rings. The Hall–Kier alpha value is -1.80. The highest BCUT2D eigenvalue weighted by molar-refractivity contribution is 9.10. The van der Waals surface area contributed by atoms with E-state index in [0.29, 0.717) is 15.1 Å². The quantitative estimate of drug-likeness (QED) is 0.742. The number of aromatic nitrogens is 3. The Labute approximate surface area is 116 Å². The molecule has 0 radical (unpaired) electrons. The molecule has 6 nitrogen and oxygen atoms in total. The van der Waals surface area contributed by atoms with E-state index in [2.05, 4.69) is 36.7 Å². The van der Waals surface area contributed by atoms with E-state index < -0.39 is 0 Å². The minimum absolute atomic E-state index is 0.209. The average Bonchev–Trinajstić information content (AvgIpc) is 2.85. The number of nitrogens with zero attached hydrogens (tertiary/aromatic N) is 2. The third-order valence-corrected chi connectivity index (χ3v) is 3.04. The van der Waals surface area contributed by atoms with Crippen molar-refractivity contribution in [2.75, 3.05) is 5.32 Å². The number of nitrogens with two attached hydrogens (primary N) is 1. The molecule has 1 aromatic heterocycles. The molecular formula is C10H8BrN5OS. The maximum atomic E-state index is 11.7. The number of thiocarbonyl (C=S) groups is 1. The molecule has 18 heavy (non-hydrogen) atoms. The van der Waals surface area contributed by atoms with Gasteiger partial charge in [0, 0.05) is 10.0 Å². The van der Waals surface area contributed by atoms with Crippen LogP contribution in [0.2, 0.25) is 0 Å². The third kappa shape index (κ3) is 2.71. The molecule has 1 amide bonds. The zero-order valence-electron chi connectivity index (χ0n) is 8.98. The first-order valence-corrected chi connectivity index (χ1v) is 6.04. The van der Waals surface area contributed by atoms with Crippen molar-refractivity contribution in [2.45, 2.75) is 0 Å². The van der Waals surface area contributed by atoms with Gasteiger partial charge in [0.1, 0.15) is 4.99 Å². The molecule has 1 aromatic carbocycles. The molecule has 0 unspecified atom stereocenters. The average molecular weight is 326 g/mol. The first-order chi connectivity index (χ1) is 8.58. The zero-order chi connectivity index (χ0) is 13.1. The molecule has 0 saturated carbocycles. The summed E-state index contributed by atoms with van der Waals surface area (Å²) < 4.78 is 0.685. The van der Waals surface area contributed by atoms with Crippen LogP contribution in [-0.4, -0.2) is 26.3 Å². The van der Waals surface area contributed by atoms with Crippen LogP contribution in [0.5, 0.6) is 0 Å². The molecule has 0 fully saturated rings. The highest BCUT2D eigenvalue weighted by Gasteiger charge is 2.11. The van der Waals surface area contributed by atoms with Crippen LogP contribution in [0.1, 0.15) is 16.1 Å². The van der Waals surface area contributed by atoms with Crippen molar-refractivity contribution in [2.24, 2.45) is 5.73 Å². The summed E-state index contributed by atoms with van der Waals surface area (Å²) >= 11 is 8.20. The number of carbonyl (C=O) groups excluding carboxylic acids is 1. The number of halogens is 1. The minimum atomic E-state index is -0.354. The number of anilines is 1. The Kier molecular flexibility index (Phi) is 3.68. The second kappa shape index (κ2) is 5.23. The fourth-order valence-corrected chi connectivity index (χ4v) is 1.87. The summed E-state index contributed by atoms with van der Waals surface area (Å²) in [5, 5.41) is 12.3. The summed E-state index contributed by atoms with van der Waals surface area (Å²) in [7, 11) is 0. The Morgan fingerprint density at radius 3 is 2.83 bits per heavy atom. The Morgan fingerprint density at radius 2 is 2.28 bits per heavy atom. The fraction of sp³-hybridized carbons (Fsp3) is 0. The van der Waals surface area contributed by atoms with Crippen LogP contribution < -0.4 is 11.1 Å². The van der Waals surface area contributed by atoms with E-state index in [1.54, 1.807) is 18.2 Å². The van der Waals surface area contributed by atoms with E-state index in [9.17, 15) is 4.79 Å². The molecule has 0 bridgehead atoms. The number of hydrogen-bond acceptors (Lipinski definition) is 4. The van der Waals surface area contributed by atoms with Gasteiger partial charge in [0.15, 0.2) is 5.69 Å². The standard InChI is InChI=1S/C10H8BrN5OS/c11-6-3-5(9(12)18)1-2-7(6)14-10(17)8-4-13-16-15-8/h1-4H,(H2,12,18)(H,14,17)(H,13,15,16).